The van der Waals surface area contributed by atoms with Crippen LogP contribution in [-0.4, -0.2) is 41.9 Å². The lowest BCUT2D eigenvalue weighted by atomic mass is 9.94. The molecule has 1 aromatic heterocycles. The van der Waals surface area contributed by atoms with Gasteiger partial charge in [0.1, 0.15) is 5.69 Å². The van der Waals surface area contributed by atoms with Crippen LogP contribution in [0.2, 0.25) is 0 Å². The number of anilines is 1. The summed E-state index contributed by atoms with van der Waals surface area (Å²) in [5, 5.41) is 8.24. The Kier molecular flexibility index (Phi) is 3.98. The highest BCUT2D eigenvalue weighted by molar-refractivity contribution is 6.18. The number of ether oxygens (including phenoxy) is 1. The lowest BCUT2D eigenvalue weighted by Crippen LogP contribution is -2.43. The quantitative estimate of drug-likeness (QED) is 0.772. The van der Waals surface area contributed by atoms with E-state index in [2.05, 4.69) is 15.1 Å². The van der Waals surface area contributed by atoms with Crippen molar-refractivity contribution in [2.75, 3.05) is 24.7 Å². The number of nitrogens with two attached hydrogens (primary N) is 2. The van der Waals surface area contributed by atoms with Crippen molar-refractivity contribution >= 4 is 17.2 Å². The normalized spacial score (nSPS) is 25.1. The monoisotopic (exact) mass is 303 g/mol. The van der Waals surface area contributed by atoms with Crippen molar-refractivity contribution in [3.8, 4) is 0 Å². The Labute approximate surface area is 129 Å². The van der Waals surface area contributed by atoms with E-state index < -0.39 is 5.91 Å². The molecule has 2 bridgehead atoms. The summed E-state index contributed by atoms with van der Waals surface area (Å²) in [6, 6.07) is 2.19. The van der Waals surface area contributed by atoms with Crippen molar-refractivity contribution in [3.63, 3.8) is 0 Å². The van der Waals surface area contributed by atoms with Gasteiger partial charge in [0.25, 0.3) is 5.91 Å². The van der Waals surface area contributed by atoms with Crippen LogP contribution < -0.4 is 16.4 Å². The number of hydrogen-bond acceptors (Lipinski definition) is 6. The number of carbonyl (C=O) groups excluding carboxylic acids is 1. The maximum Gasteiger partial charge on any atom is 0.252 e. The Morgan fingerprint density at radius 3 is 2.95 bits per heavy atom. The number of aryl methyl sites for hydroxylation is 1. The van der Waals surface area contributed by atoms with Gasteiger partial charge in [-0.2, -0.15) is 5.10 Å². The van der Waals surface area contributed by atoms with E-state index in [-0.39, 0.29) is 5.57 Å². The van der Waals surface area contributed by atoms with Crippen LogP contribution in [0.3, 0.4) is 0 Å². The molecule has 4 heterocycles. The molecular weight excluding hydrogens is 282 g/mol. The molecule has 1 aromatic rings. The van der Waals surface area contributed by atoms with Crippen LogP contribution in [0.25, 0.3) is 5.57 Å². The van der Waals surface area contributed by atoms with Crippen LogP contribution in [0.4, 0.5) is 5.69 Å². The maximum absolute atomic E-state index is 11.5. The molecule has 22 heavy (non-hydrogen) atoms. The molecule has 7 heteroatoms. The summed E-state index contributed by atoms with van der Waals surface area (Å²) >= 11 is 0. The zero-order valence-electron chi connectivity index (χ0n) is 12.7. The minimum Gasteiger partial charge on any atom is -0.404 e. The predicted molar refractivity (Wildman–Crippen MR) is 82.8 cm³/mol. The summed E-state index contributed by atoms with van der Waals surface area (Å²) in [5.74, 6) is -0.0669. The molecule has 3 saturated heterocycles. The van der Waals surface area contributed by atoms with Gasteiger partial charge in [-0.25, -0.2) is 0 Å². The van der Waals surface area contributed by atoms with E-state index in [1.165, 1.54) is 12.6 Å². The van der Waals surface area contributed by atoms with E-state index in [1.807, 2.05) is 13.0 Å². The van der Waals surface area contributed by atoms with Crippen molar-refractivity contribution in [2.45, 2.75) is 25.8 Å². The summed E-state index contributed by atoms with van der Waals surface area (Å²) in [6.45, 7) is 4.40. The standard InChI is InChI=1S/C15H21N5O2/c1-9-14(4-13(19-18-9)12(5-16)15(17)21)20-6-10-2-3-11(20)8-22-7-10/h4-5,10-11H,2-3,6-8,16H2,1H3,(H2,17,21)/b12-5-. The smallest absolute Gasteiger partial charge is 0.252 e. The van der Waals surface area contributed by atoms with Crippen molar-refractivity contribution in [3.05, 3.63) is 23.7 Å². The lowest BCUT2D eigenvalue weighted by Gasteiger charge is -2.38. The van der Waals surface area contributed by atoms with Gasteiger partial charge in [0, 0.05) is 12.7 Å². The van der Waals surface area contributed by atoms with E-state index in [0.717, 1.165) is 37.6 Å². The lowest BCUT2D eigenvalue weighted by molar-refractivity contribution is -0.112. The van der Waals surface area contributed by atoms with Crippen LogP contribution in [0.5, 0.6) is 0 Å². The molecule has 0 aliphatic carbocycles. The molecule has 0 spiro atoms. The molecule has 4 rings (SSSR count). The molecule has 0 saturated carbocycles. The molecular formula is C15H21N5O2. The summed E-state index contributed by atoms with van der Waals surface area (Å²) in [7, 11) is 0. The fraction of sp³-hybridized carbons (Fsp3) is 0.533. The fourth-order valence-electron chi connectivity index (χ4n) is 3.24. The van der Waals surface area contributed by atoms with Crippen molar-refractivity contribution < 1.29 is 9.53 Å². The second kappa shape index (κ2) is 5.92. The van der Waals surface area contributed by atoms with Crippen LogP contribution in [0, 0.1) is 12.8 Å². The van der Waals surface area contributed by atoms with Gasteiger partial charge in [-0.3, -0.25) is 4.79 Å². The summed E-state index contributed by atoms with van der Waals surface area (Å²) < 4.78 is 5.73. The third-order valence-corrected chi connectivity index (χ3v) is 4.44. The molecule has 0 radical (unpaired) electrons. The highest BCUT2D eigenvalue weighted by atomic mass is 16.5. The first kappa shape index (κ1) is 14.8. The number of hydrogen-bond donors (Lipinski definition) is 2. The number of aromatic nitrogens is 2. The Bertz CT molecular complexity index is 612. The molecule has 3 fully saturated rings. The average molecular weight is 303 g/mol. The Morgan fingerprint density at radius 2 is 2.23 bits per heavy atom. The van der Waals surface area contributed by atoms with Gasteiger partial charge < -0.3 is 21.1 Å². The van der Waals surface area contributed by atoms with Gasteiger partial charge in [-0.05, 0) is 31.7 Å². The number of amides is 1. The number of rotatable bonds is 3. The molecule has 7 nitrogen and oxygen atoms in total. The van der Waals surface area contributed by atoms with Crippen LogP contribution in [0.15, 0.2) is 12.3 Å². The largest absolute Gasteiger partial charge is 0.404 e. The minimum atomic E-state index is -0.604. The highest BCUT2D eigenvalue weighted by Gasteiger charge is 2.33. The average Bonchev–Trinajstić information content (AvgIpc) is 2.84. The third kappa shape index (κ3) is 2.64. The van der Waals surface area contributed by atoms with Crippen molar-refractivity contribution in [1.82, 2.24) is 10.2 Å². The minimum absolute atomic E-state index is 0.185. The fourth-order valence-corrected chi connectivity index (χ4v) is 3.24. The molecule has 1 amide bonds. The van der Waals surface area contributed by atoms with Gasteiger partial charge in [-0.15, -0.1) is 5.10 Å². The first-order valence-corrected chi connectivity index (χ1v) is 7.51. The SMILES string of the molecule is Cc1nnc(/C(=C/N)C(N)=O)cc1N1CC2CCC1COC2. The maximum atomic E-state index is 11.5. The van der Waals surface area contributed by atoms with Crippen LogP contribution in [-0.2, 0) is 9.53 Å². The molecule has 118 valence electrons. The van der Waals surface area contributed by atoms with Gasteiger partial charge in [0.15, 0.2) is 0 Å². The van der Waals surface area contributed by atoms with Crippen LogP contribution in [0.1, 0.15) is 24.2 Å². The number of fused-ring (bicyclic) bond motifs is 4. The van der Waals surface area contributed by atoms with E-state index in [1.54, 1.807) is 0 Å². The Balaban J connectivity index is 1.98. The summed E-state index contributed by atoms with van der Waals surface area (Å²) in [5.41, 5.74) is 13.2. The number of piperidine rings is 1. The van der Waals surface area contributed by atoms with E-state index in [4.69, 9.17) is 16.2 Å². The first-order chi connectivity index (χ1) is 10.6. The highest BCUT2D eigenvalue weighted by Crippen LogP contribution is 2.33. The molecule has 4 N–H and O–H groups in total. The Hall–Kier alpha value is -2.15. The molecule has 3 aliphatic rings. The number of carbonyl (C=O) groups is 1. The van der Waals surface area contributed by atoms with Gasteiger partial charge in [0.2, 0.25) is 0 Å². The van der Waals surface area contributed by atoms with Gasteiger partial charge in [-0.1, -0.05) is 0 Å². The van der Waals surface area contributed by atoms with Crippen LogP contribution >= 0.6 is 0 Å². The summed E-state index contributed by atoms with van der Waals surface area (Å²) in [4.78, 5) is 13.8. The third-order valence-electron chi connectivity index (χ3n) is 4.44. The zero-order chi connectivity index (χ0) is 15.7. The first-order valence-electron chi connectivity index (χ1n) is 7.51. The van der Waals surface area contributed by atoms with E-state index in [9.17, 15) is 4.79 Å². The van der Waals surface area contributed by atoms with Gasteiger partial charge in [0.05, 0.1) is 36.2 Å². The second-order valence-corrected chi connectivity index (χ2v) is 5.93. The summed E-state index contributed by atoms with van der Waals surface area (Å²) in [6.07, 6.45) is 3.49. The topological polar surface area (TPSA) is 107 Å². The van der Waals surface area contributed by atoms with Gasteiger partial charge >= 0.3 is 0 Å². The van der Waals surface area contributed by atoms with Crippen molar-refractivity contribution in [1.29, 1.82) is 0 Å². The molecule has 0 aromatic carbocycles. The van der Waals surface area contributed by atoms with Crippen molar-refractivity contribution in [2.24, 2.45) is 17.4 Å². The second-order valence-electron chi connectivity index (χ2n) is 5.93. The van der Waals surface area contributed by atoms with E-state index in [0.29, 0.717) is 17.7 Å². The number of nitrogens with zero attached hydrogens (tertiary/aromatic N) is 3. The Morgan fingerprint density at radius 1 is 1.41 bits per heavy atom. The molecule has 2 atom stereocenters. The zero-order valence-corrected chi connectivity index (χ0v) is 12.7. The molecule has 2 unspecified atom stereocenters. The number of primary amides is 1. The predicted octanol–water partition coefficient (Wildman–Crippen LogP) is 0.185. The molecule has 3 aliphatic heterocycles. The van der Waals surface area contributed by atoms with E-state index >= 15 is 0 Å².